The number of amides is 1. The van der Waals surface area contributed by atoms with E-state index in [1.54, 1.807) is 39.1 Å². The summed E-state index contributed by atoms with van der Waals surface area (Å²) in [6.45, 7) is 11.1. The van der Waals surface area contributed by atoms with Crippen molar-refractivity contribution < 1.29 is 27.8 Å². The second kappa shape index (κ2) is 9.20. The van der Waals surface area contributed by atoms with Crippen molar-refractivity contribution in [2.24, 2.45) is 5.92 Å². The average Bonchev–Trinajstić information content (AvgIpc) is 3.05. The number of carbonyl (C=O) groups excluding carboxylic acids is 1. The zero-order chi connectivity index (χ0) is 24.7. The fourth-order valence-corrected chi connectivity index (χ4v) is 5.37. The fraction of sp³-hybridized carbons (Fsp3) is 0.640. The molecule has 8 heteroatoms. The molecule has 0 aliphatic carbocycles. The smallest absolute Gasteiger partial charge is 0.405 e. The highest BCUT2D eigenvalue weighted by molar-refractivity contribution is 5.91. The molecular formula is C25H35F3N2O3. The third kappa shape index (κ3) is 6.02. The molecule has 5 nitrogen and oxygen atoms in total. The zero-order valence-electron chi connectivity index (χ0n) is 20.2. The molecule has 2 aromatic rings. The molecular weight excluding hydrogens is 433 g/mol. The molecule has 1 aromatic heterocycles. The van der Waals surface area contributed by atoms with Crippen LogP contribution in [-0.4, -0.2) is 44.9 Å². The molecule has 1 amide bonds. The number of nitrogens with one attached hydrogen (secondary N) is 1. The Hall–Kier alpha value is -2.22. The van der Waals surface area contributed by atoms with Crippen molar-refractivity contribution in [3.63, 3.8) is 0 Å². The molecule has 0 saturated carbocycles. The maximum atomic E-state index is 13.5. The monoisotopic (exact) mass is 468 g/mol. The number of benzene rings is 1. The number of likely N-dealkylation sites (tertiary alicyclic amines) is 1. The van der Waals surface area contributed by atoms with Gasteiger partial charge >= 0.3 is 6.36 Å². The highest BCUT2D eigenvalue weighted by atomic mass is 19.4. The molecule has 184 valence electrons. The van der Waals surface area contributed by atoms with Gasteiger partial charge in [-0.3, -0.25) is 4.79 Å². The highest BCUT2D eigenvalue weighted by Crippen LogP contribution is 2.40. The minimum absolute atomic E-state index is 0.0372. The summed E-state index contributed by atoms with van der Waals surface area (Å²) in [5.74, 6) is -0.141. The third-order valence-corrected chi connectivity index (χ3v) is 6.57. The summed E-state index contributed by atoms with van der Waals surface area (Å²) in [7, 11) is 0. The first kappa shape index (κ1) is 25.4. The van der Waals surface area contributed by atoms with E-state index in [1.165, 1.54) is 0 Å². The van der Waals surface area contributed by atoms with Gasteiger partial charge in [-0.05, 0) is 76.0 Å². The van der Waals surface area contributed by atoms with Crippen LogP contribution in [0.2, 0.25) is 0 Å². The van der Waals surface area contributed by atoms with E-state index in [1.807, 2.05) is 18.7 Å². The Bertz CT molecular complexity index is 993. The predicted molar refractivity (Wildman–Crippen MR) is 122 cm³/mol. The fourth-order valence-electron chi connectivity index (χ4n) is 5.37. The van der Waals surface area contributed by atoms with Gasteiger partial charge in [-0.15, -0.1) is 13.2 Å². The number of hydrogen-bond donors (Lipinski definition) is 2. The molecule has 4 atom stereocenters. The van der Waals surface area contributed by atoms with Crippen molar-refractivity contribution in [1.29, 1.82) is 0 Å². The summed E-state index contributed by atoms with van der Waals surface area (Å²) in [5.41, 5.74) is 0.639. The number of hydrogen-bond acceptors (Lipinski definition) is 3. The number of piperidine rings is 1. The van der Waals surface area contributed by atoms with Crippen molar-refractivity contribution in [2.75, 3.05) is 0 Å². The molecule has 0 radical (unpaired) electrons. The molecule has 1 fully saturated rings. The Kier molecular flexibility index (Phi) is 7.08. The second-order valence-corrected chi connectivity index (χ2v) is 10.4. The quantitative estimate of drug-likeness (QED) is 0.543. The van der Waals surface area contributed by atoms with Gasteiger partial charge in [0.1, 0.15) is 5.75 Å². The average molecular weight is 469 g/mol. The maximum Gasteiger partial charge on any atom is 0.573 e. The van der Waals surface area contributed by atoms with Gasteiger partial charge in [0.2, 0.25) is 5.91 Å². The van der Waals surface area contributed by atoms with Gasteiger partial charge < -0.3 is 19.7 Å². The molecule has 1 aliphatic rings. The number of aryl methyl sites for hydroxylation is 1. The number of fused-ring (bicyclic) bond motifs is 1. The van der Waals surface area contributed by atoms with Crippen LogP contribution in [0.4, 0.5) is 13.2 Å². The Labute approximate surface area is 193 Å². The van der Waals surface area contributed by atoms with Crippen LogP contribution in [0.15, 0.2) is 18.3 Å². The SMILES string of the molecule is Cc1ccc2[nH]cc(C(C)CC(=O)N3C(C)CC(C)CC3CC(C)(C)O)c2c1OC(F)(F)F. The van der Waals surface area contributed by atoms with Crippen molar-refractivity contribution in [1.82, 2.24) is 9.88 Å². The summed E-state index contributed by atoms with van der Waals surface area (Å²) < 4.78 is 43.6. The van der Waals surface area contributed by atoms with Crippen molar-refractivity contribution >= 4 is 16.8 Å². The zero-order valence-corrected chi connectivity index (χ0v) is 20.2. The Morgan fingerprint density at radius 2 is 1.94 bits per heavy atom. The van der Waals surface area contributed by atoms with Gasteiger partial charge in [-0.25, -0.2) is 0 Å². The Morgan fingerprint density at radius 1 is 1.27 bits per heavy atom. The molecule has 4 unspecified atom stereocenters. The van der Waals surface area contributed by atoms with Gasteiger partial charge in [0, 0.05) is 35.6 Å². The van der Waals surface area contributed by atoms with Gasteiger partial charge in [-0.2, -0.15) is 0 Å². The lowest BCUT2D eigenvalue weighted by Gasteiger charge is -2.45. The maximum absolute atomic E-state index is 13.5. The van der Waals surface area contributed by atoms with Crippen LogP contribution < -0.4 is 4.74 Å². The van der Waals surface area contributed by atoms with Crippen molar-refractivity contribution in [2.45, 2.75) is 97.2 Å². The van der Waals surface area contributed by atoms with Crippen LogP contribution in [0.3, 0.4) is 0 Å². The van der Waals surface area contributed by atoms with E-state index in [0.29, 0.717) is 34.4 Å². The van der Waals surface area contributed by atoms with Crippen LogP contribution in [0.25, 0.3) is 10.9 Å². The standard InChI is InChI=1S/C25H35F3N2O3/c1-14-9-17(4)30(18(10-14)12-24(5,6)32)21(31)11-16(3)19-13-29-20-8-7-15(2)23(22(19)20)33-25(26,27)28/h7-8,13-14,16-18,29,32H,9-12H2,1-6H3. The minimum Gasteiger partial charge on any atom is -0.405 e. The number of aromatic nitrogens is 1. The van der Waals surface area contributed by atoms with E-state index in [4.69, 9.17) is 0 Å². The van der Waals surface area contributed by atoms with Gasteiger partial charge in [0.05, 0.1) is 5.60 Å². The first-order valence-electron chi connectivity index (χ1n) is 11.6. The van der Waals surface area contributed by atoms with E-state index >= 15 is 0 Å². The second-order valence-electron chi connectivity index (χ2n) is 10.4. The molecule has 2 N–H and O–H groups in total. The Morgan fingerprint density at radius 3 is 2.55 bits per heavy atom. The molecule has 1 aliphatic heterocycles. The number of carbonyl (C=O) groups is 1. The van der Waals surface area contributed by atoms with E-state index in [9.17, 15) is 23.1 Å². The molecule has 1 aromatic carbocycles. The molecule has 0 bridgehead atoms. The summed E-state index contributed by atoms with van der Waals surface area (Å²) in [4.78, 5) is 18.4. The molecule has 2 heterocycles. The van der Waals surface area contributed by atoms with Gasteiger partial charge in [0.15, 0.2) is 0 Å². The molecule has 3 rings (SSSR count). The molecule has 0 spiro atoms. The number of rotatable bonds is 6. The first-order chi connectivity index (χ1) is 15.2. The number of ether oxygens (including phenoxy) is 1. The molecule has 33 heavy (non-hydrogen) atoms. The number of H-pyrrole nitrogens is 1. The predicted octanol–water partition coefficient (Wildman–Crippen LogP) is 6.05. The third-order valence-electron chi connectivity index (χ3n) is 6.57. The first-order valence-corrected chi connectivity index (χ1v) is 11.6. The van der Waals surface area contributed by atoms with Crippen LogP contribution in [0.1, 0.15) is 77.3 Å². The molecule has 1 saturated heterocycles. The summed E-state index contributed by atoms with van der Waals surface area (Å²) in [5, 5.41) is 10.8. The lowest BCUT2D eigenvalue weighted by Crippen LogP contribution is -2.53. The van der Waals surface area contributed by atoms with Crippen LogP contribution in [0.5, 0.6) is 5.75 Å². The van der Waals surface area contributed by atoms with Crippen molar-refractivity contribution in [3.05, 3.63) is 29.5 Å². The van der Waals surface area contributed by atoms with Crippen LogP contribution in [0, 0.1) is 12.8 Å². The number of aliphatic hydroxyl groups is 1. The summed E-state index contributed by atoms with van der Waals surface area (Å²) in [6.07, 6.45) is -0.786. The number of nitrogens with zero attached hydrogens (tertiary/aromatic N) is 1. The summed E-state index contributed by atoms with van der Waals surface area (Å²) >= 11 is 0. The normalized spacial score (nSPS) is 23.1. The lowest BCUT2D eigenvalue weighted by atomic mass is 9.82. The van der Waals surface area contributed by atoms with Crippen molar-refractivity contribution in [3.8, 4) is 5.75 Å². The van der Waals surface area contributed by atoms with Crippen LogP contribution in [-0.2, 0) is 4.79 Å². The van der Waals surface area contributed by atoms with Crippen LogP contribution >= 0.6 is 0 Å². The minimum atomic E-state index is -4.81. The van der Waals surface area contributed by atoms with E-state index in [0.717, 1.165) is 12.8 Å². The largest absolute Gasteiger partial charge is 0.573 e. The van der Waals surface area contributed by atoms with Gasteiger partial charge in [-0.1, -0.05) is 19.9 Å². The van der Waals surface area contributed by atoms with E-state index in [2.05, 4.69) is 16.6 Å². The number of alkyl halides is 3. The van der Waals surface area contributed by atoms with E-state index < -0.39 is 12.0 Å². The Balaban J connectivity index is 1.89. The van der Waals surface area contributed by atoms with E-state index in [-0.39, 0.29) is 36.1 Å². The van der Waals surface area contributed by atoms with Gasteiger partial charge in [0.25, 0.3) is 0 Å². The topological polar surface area (TPSA) is 65.6 Å². The highest BCUT2D eigenvalue weighted by Gasteiger charge is 2.38. The summed E-state index contributed by atoms with van der Waals surface area (Å²) in [6, 6.07) is 3.27. The lowest BCUT2D eigenvalue weighted by molar-refractivity contribution is -0.274. The number of aromatic amines is 1. The number of halogens is 3.